The number of anilines is 1. The Bertz CT molecular complexity index is 817. The molecule has 6 nitrogen and oxygen atoms in total. The number of hydrogen-bond acceptors (Lipinski definition) is 5. The predicted octanol–water partition coefficient (Wildman–Crippen LogP) is 3.64. The Morgan fingerprint density at radius 3 is 2.54 bits per heavy atom. The fourth-order valence-corrected chi connectivity index (χ4v) is 2.13. The summed E-state index contributed by atoms with van der Waals surface area (Å²) < 4.78 is 10.1. The van der Waals surface area contributed by atoms with Crippen LogP contribution in [0.15, 0.2) is 48.5 Å². The van der Waals surface area contributed by atoms with Crippen molar-refractivity contribution in [3.63, 3.8) is 0 Å². The van der Waals surface area contributed by atoms with Gasteiger partial charge in [-0.2, -0.15) is 0 Å². The molecule has 1 atom stereocenters. The lowest BCUT2D eigenvalue weighted by Gasteiger charge is -2.12. The Morgan fingerprint density at radius 2 is 1.88 bits per heavy atom. The lowest BCUT2D eigenvalue weighted by molar-refractivity contribution is -0.148. The van der Waals surface area contributed by atoms with Crippen LogP contribution in [0, 0.1) is 0 Å². The van der Waals surface area contributed by atoms with Crippen molar-refractivity contribution in [2.75, 3.05) is 12.4 Å². The average Bonchev–Trinajstić information content (AvgIpc) is 2.62. The molecule has 0 unspecified atom stereocenters. The van der Waals surface area contributed by atoms with Crippen molar-refractivity contribution in [2.24, 2.45) is 0 Å². The molecule has 7 heteroatoms. The van der Waals surface area contributed by atoms with Gasteiger partial charge in [-0.15, -0.1) is 0 Å². The van der Waals surface area contributed by atoms with Gasteiger partial charge in [0.25, 0.3) is 5.91 Å². The Hall–Kier alpha value is -2.99. The van der Waals surface area contributed by atoms with Gasteiger partial charge in [0.05, 0.1) is 7.11 Å². The smallest absolute Gasteiger partial charge is 0.331 e. The van der Waals surface area contributed by atoms with Gasteiger partial charge in [0.2, 0.25) is 0 Å². The molecule has 26 heavy (non-hydrogen) atoms. The van der Waals surface area contributed by atoms with Gasteiger partial charge in [0, 0.05) is 16.8 Å². The van der Waals surface area contributed by atoms with E-state index < -0.39 is 18.0 Å². The van der Waals surface area contributed by atoms with Crippen molar-refractivity contribution in [1.29, 1.82) is 0 Å². The molecule has 0 heterocycles. The number of benzene rings is 2. The van der Waals surface area contributed by atoms with Crippen LogP contribution in [0.5, 0.6) is 11.5 Å². The van der Waals surface area contributed by atoms with E-state index in [-0.39, 0.29) is 11.5 Å². The predicted molar refractivity (Wildman–Crippen MR) is 99.3 cm³/mol. The second-order valence-electron chi connectivity index (χ2n) is 5.34. The van der Waals surface area contributed by atoms with E-state index in [1.54, 1.807) is 36.4 Å². The highest BCUT2D eigenvalue weighted by Crippen LogP contribution is 2.26. The standard InChI is InChI=1S/C19H18ClNO5/c1-12(19(24)21-15-7-5-14(20)6-8-15)26-18(23)10-4-13-3-9-16(22)17(11-13)25-2/h3-12,22H,1-2H3,(H,21,24)/b10-4+/t12-/m1/s1. The first-order chi connectivity index (χ1) is 12.4. The third-order valence-electron chi connectivity index (χ3n) is 3.39. The first-order valence-electron chi connectivity index (χ1n) is 7.71. The maximum Gasteiger partial charge on any atom is 0.331 e. The van der Waals surface area contributed by atoms with Crippen molar-refractivity contribution in [3.8, 4) is 11.5 Å². The zero-order chi connectivity index (χ0) is 19.1. The van der Waals surface area contributed by atoms with Gasteiger partial charge >= 0.3 is 5.97 Å². The van der Waals surface area contributed by atoms with Gasteiger partial charge in [-0.3, -0.25) is 4.79 Å². The normalized spacial score (nSPS) is 11.8. The molecule has 2 rings (SSSR count). The van der Waals surface area contributed by atoms with Crippen molar-refractivity contribution in [3.05, 3.63) is 59.1 Å². The zero-order valence-electron chi connectivity index (χ0n) is 14.2. The highest BCUT2D eigenvalue weighted by Gasteiger charge is 2.16. The molecule has 0 fully saturated rings. The molecule has 0 saturated carbocycles. The molecule has 2 aromatic carbocycles. The number of methoxy groups -OCH3 is 1. The van der Waals surface area contributed by atoms with Crippen LogP contribution in [0.4, 0.5) is 5.69 Å². The van der Waals surface area contributed by atoms with Crippen LogP contribution in [-0.2, 0) is 14.3 Å². The number of phenolic OH excluding ortho intramolecular Hbond substituents is 1. The number of rotatable bonds is 6. The van der Waals surface area contributed by atoms with Crippen LogP contribution in [0.25, 0.3) is 6.08 Å². The maximum atomic E-state index is 12.0. The molecule has 0 aliphatic heterocycles. The molecule has 2 aromatic rings. The summed E-state index contributed by atoms with van der Waals surface area (Å²) in [4.78, 5) is 23.9. The Kier molecular flexibility index (Phi) is 6.63. The first kappa shape index (κ1) is 19.3. The molecular weight excluding hydrogens is 358 g/mol. The van der Waals surface area contributed by atoms with Crippen LogP contribution in [0.2, 0.25) is 5.02 Å². The Labute approximate surface area is 156 Å². The van der Waals surface area contributed by atoms with Gasteiger partial charge in [-0.25, -0.2) is 4.79 Å². The average molecular weight is 376 g/mol. The van der Waals surface area contributed by atoms with E-state index in [0.717, 1.165) is 0 Å². The fraction of sp³-hybridized carbons (Fsp3) is 0.158. The van der Waals surface area contributed by atoms with Gasteiger partial charge in [-0.05, 0) is 55.0 Å². The number of aromatic hydroxyl groups is 1. The van der Waals surface area contributed by atoms with Crippen molar-refractivity contribution in [2.45, 2.75) is 13.0 Å². The largest absolute Gasteiger partial charge is 0.504 e. The quantitative estimate of drug-likeness (QED) is 0.594. The lowest BCUT2D eigenvalue weighted by Crippen LogP contribution is -2.29. The Balaban J connectivity index is 1.91. The van der Waals surface area contributed by atoms with Gasteiger partial charge in [0.15, 0.2) is 17.6 Å². The number of esters is 1. The minimum absolute atomic E-state index is 0.000260. The highest BCUT2D eigenvalue weighted by molar-refractivity contribution is 6.30. The number of hydrogen-bond donors (Lipinski definition) is 2. The maximum absolute atomic E-state index is 12.0. The highest BCUT2D eigenvalue weighted by atomic mass is 35.5. The monoisotopic (exact) mass is 375 g/mol. The molecule has 136 valence electrons. The summed E-state index contributed by atoms with van der Waals surface area (Å²) in [5.41, 5.74) is 1.18. The summed E-state index contributed by atoms with van der Waals surface area (Å²) in [7, 11) is 1.43. The van der Waals surface area contributed by atoms with E-state index in [0.29, 0.717) is 16.3 Å². The van der Waals surface area contributed by atoms with E-state index in [1.807, 2.05) is 0 Å². The van der Waals surface area contributed by atoms with Crippen LogP contribution < -0.4 is 10.1 Å². The third kappa shape index (κ3) is 5.53. The van der Waals surface area contributed by atoms with Crippen LogP contribution in [-0.4, -0.2) is 30.2 Å². The topological polar surface area (TPSA) is 84.9 Å². The number of nitrogens with one attached hydrogen (secondary N) is 1. The molecule has 0 aromatic heterocycles. The molecule has 0 bridgehead atoms. The second kappa shape index (κ2) is 8.92. The SMILES string of the molecule is COc1cc(/C=C/C(=O)O[C@H](C)C(=O)Nc2ccc(Cl)cc2)ccc1O. The molecule has 0 spiro atoms. The van der Waals surface area contributed by atoms with Crippen molar-refractivity contribution in [1.82, 2.24) is 0 Å². The summed E-state index contributed by atoms with van der Waals surface area (Å²) >= 11 is 5.78. The van der Waals surface area contributed by atoms with Crippen molar-refractivity contribution < 1.29 is 24.2 Å². The molecule has 1 amide bonds. The van der Waals surface area contributed by atoms with E-state index in [2.05, 4.69) is 5.32 Å². The number of carbonyl (C=O) groups excluding carboxylic acids is 2. The number of amides is 1. The molecule has 0 aliphatic carbocycles. The van der Waals surface area contributed by atoms with Gasteiger partial charge < -0.3 is 19.9 Å². The van der Waals surface area contributed by atoms with E-state index in [1.165, 1.54) is 32.3 Å². The van der Waals surface area contributed by atoms with Crippen LogP contribution >= 0.6 is 11.6 Å². The number of ether oxygens (including phenoxy) is 2. The minimum Gasteiger partial charge on any atom is -0.504 e. The summed E-state index contributed by atoms with van der Waals surface area (Å²) in [6.07, 6.45) is 1.71. The van der Waals surface area contributed by atoms with Gasteiger partial charge in [-0.1, -0.05) is 17.7 Å². The molecule has 2 N–H and O–H groups in total. The van der Waals surface area contributed by atoms with Crippen LogP contribution in [0.3, 0.4) is 0 Å². The zero-order valence-corrected chi connectivity index (χ0v) is 15.0. The lowest BCUT2D eigenvalue weighted by atomic mass is 10.2. The molecule has 0 radical (unpaired) electrons. The van der Waals surface area contributed by atoms with E-state index >= 15 is 0 Å². The number of phenols is 1. The number of carbonyl (C=O) groups is 2. The Morgan fingerprint density at radius 1 is 1.19 bits per heavy atom. The molecule has 0 saturated heterocycles. The summed E-state index contributed by atoms with van der Waals surface area (Å²) in [6, 6.07) is 11.2. The third-order valence-corrected chi connectivity index (χ3v) is 3.64. The minimum atomic E-state index is -0.975. The fourth-order valence-electron chi connectivity index (χ4n) is 2.01. The van der Waals surface area contributed by atoms with Gasteiger partial charge in [0.1, 0.15) is 0 Å². The van der Waals surface area contributed by atoms with Crippen molar-refractivity contribution >= 4 is 35.2 Å². The molecule has 0 aliphatic rings. The van der Waals surface area contributed by atoms with E-state index in [9.17, 15) is 14.7 Å². The summed E-state index contributed by atoms with van der Waals surface area (Å²) in [5, 5.41) is 12.7. The number of halogens is 1. The second-order valence-corrected chi connectivity index (χ2v) is 5.78. The van der Waals surface area contributed by atoms with E-state index in [4.69, 9.17) is 21.1 Å². The summed E-state index contributed by atoms with van der Waals surface area (Å²) in [6.45, 7) is 1.47. The van der Waals surface area contributed by atoms with Crippen LogP contribution in [0.1, 0.15) is 12.5 Å². The summed E-state index contributed by atoms with van der Waals surface area (Å²) in [5.74, 6) is -0.841. The first-order valence-corrected chi connectivity index (χ1v) is 8.09. The molecular formula is C19H18ClNO5.